The lowest BCUT2D eigenvalue weighted by Crippen LogP contribution is -2.17. The number of methoxy groups -OCH3 is 1. The molecule has 1 heterocycles. The quantitative estimate of drug-likeness (QED) is 0.619. The van der Waals surface area contributed by atoms with Gasteiger partial charge in [0.05, 0.1) is 7.11 Å². The zero-order chi connectivity index (χ0) is 14.8. The van der Waals surface area contributed by atoms with Gasteiger partial charge < -0.3 is 9.47 Å². The summed E-state index contributed by atoms with van der Waals surface area (Å²) >= 11 is 0. The number of ether oxygens (including phenoxy) is 2. The summed E-state index contributed by atoms with van der Waals surface area (Å²) in [6.45, 7) is 0. The number of rotatable bonds is 2. The fourth-order valence-electron chi connectivity index (χ4n) is 1.42. The normalized spacial score (nSPS) is 13.3. The van der Waals surface area contributed by atoms with Crippen LogP contribution in [0.1, 0.15) is 5.56 Å². The SMILES string of the molecule is COC(=O)C1=Cc2ccc(OC(F)(F)F)c(c2)N=[N+]=N1. The lowest BCUT2D eigenvalue weighted by Gasteiger charge is -2.09. The van der Waals surface area contributed by atoms with Crippen LogP contribution in [0.25, 0.3) is 6.08 Å². The highest BCUT2D eigenvalue weighted by atomic mass is 19.4. The summed E-state index contributed by atoms with van der Waals surface area (Å²) in [6.07, 6.45) is -3.52. The van der Waals surface area contributed by atoms with Gasteiger partial charge >= 0.3 is 12.3 Å². The molecule has 0 spiro atoms. The number of esters is 1. The molecule has 0 aliphatic carbocycles. The van der Waals surface area contributed by atoms with Crippen molar-refractivity contribution < 1.29 is 27.4 Å². The number of carbonyl (C=O) groups excluding carboxylic acids is 1. The molecule has 1 aromatic carbocycles. The van der Waals surface area contributed by atoms with E-state index in [0.29, 0.717) is 5.56 Å². The average Bonchev–Trinajstić information content (AvgIpc) is 2.34. The van der Waals surface area contributed by atoms with Gasteiger partial charge in [0.1, 0.15) is 0 Å². The van der Waals surface area contributed by atoms with Crippen molar-refractivity contribution in [3.63, 3.8) is 0 Å². The largest absolute Gasteiger partial charge is 0.573 e. The van der Waals surface area contributed by atoms with E-state index in [0.717, 1.165) is 6.07 Å². The van der Waals surface area contributed by atoms with Crippen molar-refractivity contribution >= 4 is 17.7 Å². The van der Waals surface area contributed by atoms with Gasteiger partial charge in [0.25, 0.3) is 0 Å². The predicted molar refractivity (Wildman–Crippen MR) is 59.8 cm³/mol. The summed E-state index contributed by atoms with van der Waals surface area (Å²) in [4.78, 5) is 14.6. The Hall–Kier alpha value is -2.67. The minimum absolute atomic E-state index is 0.119. The minimum Gasteiger partial charge on any atom is -0.464 e. The minimum atomic E-state index is -4.83. The fraction of sp³-hybridized carbons (Fsp3) is 0.182. The maximum absolute atomic E-state index is 12.2. The number of hydrogen-bond donors (Lipinski definition) is 0. The lowest BCUT2D eigenvalue weighted by molar-refractivity contribution is -0.274. The Morgan fingerprint density at radius 2 is 2.05 bits per heavy atom. The van der Waals surface area contributed by atoms with Gasteiger partial charge in [-0.05, 0) is 23.8 Å². The molecule has 0 aromatic heterocycles. The molecule has 0 radical (unpaired) electrons. The van der Waals surface area contributed by atoms with Gasteiger partial charge in [-0.1, -0.05) is 6.07 Å². The third-order valence-electron chi connectivity index (χ3n) is 2.21. The summed E-state index contributed by atoms with van der Waals surface area (Å²) in [5, 5.41) is 6.94. The number of alkyl halides is 3. The molecular formula is C11H7F3N3O3+. The van der Waals surface area contributed by atoms with Crippen molar-refractivity contribution in [3.8, 4) is 5.75 Å². The van der Waals surface area contributed by atoms with Crippen LogP contribution in [0.15, 0.2) is 34.1 Å². The number of nitrogens with zero attached hydrogens (tertiary/aromatic N) is 3. The van der Waals surface area contributed by atoms with E-state index in [1.165, 1.54) is 25.3 Å². The van der Waals surface area contributed by atoms with Crippen molar-refractivity contribution in [3.05, 3.63) is 29.5 Å². The summed E-state index contributed by atoms with van der Waals surface area (Å²) in [5.41, 5.74) is 0.146. The Kier molecular flexibility index (Phi) is 3.53. The third kappa shape index (κ3) is 3.21. The highest BCUT2D eigenvalue weighted by molar-refractivity contribution is 5.93. The molecule has 2 rings (SSSR count). The highest BCUT2D eigenvalue weighted by Crippen LogP contribution is 2.33. The number of benzene rings is 1. The molecule has 9 heteroatoms. The maximum Gasteiger partial charge on any atom is 0.573 e. The lowest BCUT2D eigenvalue weighted by atomic mass is 10.1. The summed E-state index contributed by atoms with van der Waals surface area (Å²) < 4.78 is 44.8. The van der Waals surface area contributed by atoms with Crippen LogP contribution < -0.4 is 9.65 Å². The molecule has 20 heavy (non-hydrogen) atoms. The van der Waals surface area contributed by atoms with Crippen molar-refractivity contribution in [2.75, 3.05) is 7.11 Å². The highest BCUT2D eigenvalue weighted by Gasteiger charge is 2.33. The van der Waals surface area contributed by atoms with Crippen LogP contribution in [0.2, 0.25) is 0 Å². The van der Waals surface area contributed by atoms with Crippen molar-refractivity contribution in [2.24, 2.45) is 10.2 Å². The first-order valence-corrected chi connectivity index (χ1v) is 5.20. The molecule has 0 atom stereocenters. The zero-order valence-electron chi connectivity index (χ0n) is 10.0. The molecule has 0 unspecified atom stereocenters. The van der Waals surface area contributed by atoms with Gasteiger partial charge in [-0.25, -0.2) is 4.79 Å². The number of halogens is 3. The molecule has 0 N–H and O–H groups in total. The second-order valence-electron chi connectivity index (χ2n) is 3.59. The smallest absolute Gasteiger partial charge is 0.464 e. The standard InChI is InChI=1S/C11H7F3N3O3/c1-19-10(18)8-5-6-2-3-9(20-11(12,13)14)7(4-6)15-17-16-8/h2-5H,1H3/q+1. The molecule has 1 aliphatic rings. The molecule has 0 amide bonds. The maximum atomic E-state index is 12.2. The van der Waals surface area contributed by atoms with Gasteiger partial charge in [0.15, 0.2) is 21.7 Å². The summed E-state index contributed by atoms with van der Waals surface area (Å²) in [7, 11) is 1.17. The molecule has 6 nitrogen and oxygen atoms in total. The number of hydrogen-bond acceptors (Lipinski definition) is 5. The van der Waals surface area contributed by atoms with E-state index in [1.807, 2.05) is 0 Å². The number of fused-ring (bicyclic) bond motifs is 2. The van der Waals surface area contributed by atoms with Crippen molar-refractivity contribution in [1.29, 1.82) is 0 Å². The van der Waals surface area contributed by atoms with E-state index < -0.39 is 18.1 Å². The third-order valence-corrected chi connectivity index (χ3v) is 2.21. The van der Waals surface area contributed by atoms with E-state index in [9.17, 15) is 18.0 Å². The van der Waals surface area contributed by atoms with E-state index in [-0.39, 0.29) is 11.4 Å². The van der Waals surface area contributed by atoms with Gasteiger partial charge in [0.2, 0.25) is 10.6 Å². The van der Waals surface area contributed by atoms with Crippen LogP contribution in [0, 0.1) is 0 Å². The average molecular weight is 286 g/mol. The van der Waals surface area contributed by atoms with E-state index in [4.69, 9.17) is 0 Å². The van der Waals surface area contributed by atoms with Crippen LogP contribution in [0.3, 0.4) is 0 Å². The zero-order valence-corrected chi connectivity index (χ0v) is 10.0. The Morgan fingerprint density at radius 1 is 1.30 bits per heavy atom. The Bertz CT molecular complexity index is 646. The van der Waals surface area contributed by atoms with E-state index >= 15 is 0 Å². The topological polar surface area (TPSA) is 74.3 Å². The Balaban J connectivity index is 2.42. The number of carbonyl (C=O) groups is 1. The summed E-state index contributed by atoms with van der Waals surface area (Å²) in [5.74, 6) is -1.24. The van der Waals surface area contributed by atoms with E-state index in [1.54, 1.807) is 0 Å². The molecule has 1 aromatic rings. The first-order chi connectivity index (χ1) is 9.39. The first-order valence-electron chi connectivity index (χ1n) is 5.20. The monoisotopic (exact) mass is 286 g/mol. The van der Waals surface area contributed by atoms with Crippen LogP contribution >= 0.6 is 0 Å². The first kappa shape index (κ1) is 13.8. The molecule has 0 fully saturated rings. The predicted octanol–water partition coefficient (Wildman–Crippen LogP) is 2.72. The second kappa shape index (κ2) is 5.14. The Labute approximate surface area is 110 Å². The van der Waals surface area contributed by atoms with E-state index in [2.05, 4.69) is 24.6 Å². The van der Waals surface area contributed by atoms with Crippen LogP contribution in [-0.2, 0) is 9.53 Å². The van der Waals surface area contributed by atoms with Gasteiger partial charge in [-0.3, -0.25) is 0 Å². The molecule has 0 saturated carbocycles. The molecule has 0 saturated heterocycles. The Morgan fingerprint density at radius 3 is 2.70 bits per heavy atom. The molecule has 104 valence electrons. The van der Waals surface area contributed by atoms with Crippen molar-refractivity contribution in [1.82, 2.24) is 4.91 Å². The van der Waals surface area contributed by atoms with Gasteiger partial charge in [-0.15, -0.1) is 13.2 Å². The molecular weight excluding hydrogens is 279 g/mol. The molecule has 1 aliphatic heterocycles. The second-order valence-corrected chi connectivity index (χ2v) is 3.59. The fourth-order valence-corrected chi connectivity index (χ4v) is 1.42. The van der Waals surface area contributed by atoms with Crippen LogP contribution in [0.4, 0.5) is 18.9 Å². The van der Waals surface area contributed by atoms with Crippen molar-refractivity contribution in [2.45, 2.75) is 6.36 Å². The van der Waals surface area contributed by atoms with Gasteiger partial charge in [0, 0.05) is 0 Å². The van der Waals surface area contributed by atoms with Crippen LogP contribution in [0.5, 0.6) is 5.75 Å². The summed E-state index contributed by atoms with van der Waals surface area (Å²) in [6, 6.07) is 3.68. The van der Waals surface area contributed by atoms with Crippen LogP contribution in [-0.4, -0.2) is 19.4 Å². The van der Waals surface area contributed by atoms with Gasteiger partial charge in [-0.2, -0.15) is 0 Å². The molecule has 2 bridgehead atoms.